The maximum Gasteiger partial charge on any atom is 0.472 e. The molecule has 0 aliphatic heterocycles. The summed E-state index contributed by atoms with van der Waals surface area (Å²) in [5.74, 6) is 0.228. The molecular weight excluding hydrogens is 1310 g/mol. The fraction of sp³-hybridized carbons (Fsp3) is 0.951. The Hall–Kier alpha value is -1.94. The topological polar surface area (TPSA) is 237 Å². The first-order valence-corrected chi connectivity index (χ1v) is 44.9. The number of carbonyl (C=O) groups excluding carboxylic acids is 4. The van der Waals surface area contributed by atoms with Gasteiger partial charge < -0.3 is 33.8 Å². The zero-order valence-electron chi connectivity index (χ0n) is 65.7. The summed E-state index contributed by atoms with van der Waals surface area (Å²) in [6.07, 6.45) is 59.5. The van der Waals surface area contributed by atoms with Gasteiger partial charge in [0.1, 0.15) is 19.3 Å². The molecule has 19 heteroatoms. The van der Waals surface area contributed by atoms with Crippen LogP contribution >= 0.6 is 15.6 Å². The van der Waals surface area contributed by atoms with E-state index in [2.05, 4.69) is 48.5 Å². The monoisotopic (exact) mass is 1470 g/mol. The fourth-order valence-corrected chi connectivity index (χ4v) is 14.0. The Morgan fingerprint density at radius 3 is 0.760 bits per heavy atom. The summed E-state index contributed by atoms with van der Waals surface area (Å²) >= 11 is 0. The van der Waals surface area contributed by atoms with Gasteiger partial charge in [-0.15, -0.1) is 0 Å². The third kappa shape index (κ3) is 73.0. The van der Waals surface area contributed by atoms with Crippen LogP contribution in [0.1, 0.15) is 421 Å². The van der Waals surface area contributed by atoms with Crippen LogP contribution in [0.25, 0.3) is 0 Å². The largest absolute Gasteiger partial charge is 0.472 e. The Balaban J connectivity index is 5.27. The van der Waals surface area contributed by atoms with Gasteiger partial charge in [-0.3, -0.25) is 37.3 Å². The predicted octanol–water partition coefficient (Wildman–Crippen LogP) is 24.1. The highest BCUT2D eigenvalue weighted by Gasteiger charge is 2.30. The van der Waals surface area contributed by atoms with Gasteiger partial charge in [-0.05, 0) is 43.4 Å². The smallest absolute Gasteiger partial charge is 0.462 e. The van der Waals surface area contributed by atoms with Crippen molar-refractivity contribution in [2.75, 3.05) is 39.6 Å². The predicted molar refractivity (Wildman–Crippen MR) is 409 cm³/mol. The van der Waals surface area contributed by atoms with Crippen LogP contribution in [0.5, 0.6) is 0 Å². The molecule has 0 rings (SSSR count). The average Bonchev–Trinajstić information content (AvgIpc) is 0.921. The number of rotatable bonds is 79. The van der Waals surface area contributed by atoms with Crippen LogP contribution < -0.4 is 0 Å². The molecule has 100 heavy (non-hydrogen) atoms. The minimum absolute atomic E-state index is 0.106. The minimum Gasteiger partial charge on any atom is -0.462 e. The third-order valence-corrected chi connectivity index (χ3v) is 21.1. The fourth-order valence-electron chi connectivity index (χ4n) is 12.5. The molecule has 17 nitrogen and oxygen atoms in total. The standard InChI is InChI=1S/C81H158O17P2/c1-8-10-11-12-13-14-15-16-17-18-19-23-28-33-41-48-55-62-78(83)91-68-76(97-80(85)64-57-50-43-34-29-24-21-20-22-26-31-38-45-52-59-72(3)4)70-95-99(87,88)93-66-75(82)67-94-100(89,90)96-71-77(69-92-79(84)63-56-49-42-37-36-40-47-54-61-74(7)9-2)98-81(86)65-58-51-44-35-30-25-27-32-39-46-53-60-73(5)6/h72-77,82H,8-71H2,1-7H3,(H,87,88)(H,89,90)/t74?,75-,76-,77-/m1/s1. The summed E-state index contributed by atoms with van der Waals surface area (Å²) < 4.78 is 68.8. The van der Waals surface area contributed by atoms with Gasteiger partial charge in [0, 0.05) is 25.7 Å². The number of hydrogen-bond donors (Lipinski definition) is 3. The molecule has 0 spiro atoms. The molecule has 594 valence electrons. The minimum atomic E-state index is -4.96. The molecule has 3 N–H and O–H groups in total. The van der Waals surface area contributed by atoms with Crippen molar-refractivity contribution in [2.45, 2.75) is 439 Å². The SMILES string of the molecule is CCCCCCCCCCCCCCCCCCCC(=O)OC[C@H](COP(=O)(O)OC[C@@H](O)COP(=O)(O)OC[C@@H](COC(=O)CCCCCCCCCCC(C)CC)OC(=O)CCCCCCCCCCCCCC(C)C)OC(=O)CCCCCCCCCCCCCCCCC(C)C. The van der Waals surface area contributed by atoms with E-state index in [1.54, 1.807) is 0 Å². The molecule has 0 fully saturated rings. The van der Waals surface area contributed by atoms with Crippen LogP contribution in [-0.4, -0.2) is 96.7 Å². The number of ether oxygens (including phenoxy) is 4. The molecule has 3 unspecified atom stereocenters. The Morgan fingerprint density at radius 2 is 0.510 bits per heavy atom. The molecule has 0 radical (unpaired) electrons. The molecule has 0 saturated heterocycles. The summed E-state index contributed by atoms with van der Waals surface area (Å²) in [5.41, 5.74) is 0. The third-order valence-electron chi connectivity index (χ3n) is 19.2. The van der Waals surface area contributed by atoms with E-state index < -0.39 is 97.5 Å². The van der Waals surface area contributed by atoms with Gasteiger partial charge in [-0.1, -0.05) is 370 Å². The first-order chi connectivity index (χ1) is 48.3. The number of unbranched alkanes of at least 4 members (excludes halogenated alkanes) is 46. The second kappa shape index (κ2) is 71.3. The number of carbonyl (C=O) groups is 4. The van der Waals surface area contributed by atoms with Gasteiger partial charge >= 0.3 is 39.5 Å². The molecular formula is C81H158O17P2. The zero-order chi connectivity index (χ0) is 73.7. The number of phosphoric acid groups is 2. The summed E-state index contributed by atoms with van der Waals surface area (Å²) in [5, 5.41) is 10.6. The molecule has 0 saturated carbocycles. The average molecular weight is 1470 g/mol. The lowest BCUT2D eigenvalue weighted by molar-refractivity contribution is -0.161. The number of aliphatic hydroxyl groups excluding tert-OH is 1. The van der Waals surface area contributed by atoms with Crippen molar-refractivity contribution in [3.8, 4) is 0 Å². The Bertz CT molecular complexity index is 1940. The van der Waals surface area contributed by atoms with Gasteiger partial charge in [0.15, 0.2) is 12.2 Å². The van der Waals surface area contributed by atoms with E-state index in [-0.39, 0.29) is 25.7 Å². The van der Waals surface area contributed by atoms with Gasteiger partial charge in [-0.2, -0.15) is 0 Å². The van der Waals surface area contributed by atoms with Crippen molar-refractivity contribution < 1.29 is 80.2 Å². The highest BCUT2D eigenvalue weighted by atomic mass is 31.2. The molecule has 0 aromatic rings. The van der Waals surface area contributed by atoms with Crippen LogP contribution in [0.15, 0.2) is 0 Å². The van der Waals surface area contributed by atoms with Crippen molar-refractivity contribution in [3.63, 3.8) is 0 Å². The summed E-state index contributed by atoms with van der Waals surface area (Å²) in [7, 11) is -9.92. The number of hydrogen-bond acceptors (Lipinski definition) is 15. The van der Waals surface area contributed by atoms with Crippen LogP contribution in [0.4, 0.5) is 0 Å². The van der Waals surface area contributed by atoms with E-state index in [1.807, 2.05) is 0 Å². The Morgan fingerprint density at radius 1 is 0.290 bits per heavy atom. The van der Waals surface area contributed by atoms with Crippen LogP contribution in [0, 0.1) is 17.8 Å². The highest BCUT2D eigenvalue weighted by molar-refractivity contribution is 7.47. The second-order valence-corrected chi connectivity index (χ2v) is 33.3. The lowest BCUT2D eigenvalue weighted by atomic mass is 9.99. The van der Waals surface area contributed by atoms with E-state index in [1.165, 1.54) is 231 Å². The quantitative estimate of drug-likeness (QED) is 0.0222. The molecule has 6 atom stereocenters. The first kappa shape index (κ1) is 98.1. The summed E-state index contributed by atoms with van der Waals surface area (Å²) in [4.78, 5) is 73.1. The number of esters is 4. The highest BCUT2D eigenvalue weighted by Crippen LogP contribution is 2.45. The molecule has 0 bridgehead atoms. The molecule has 0 aliphatic carbocycles. The van der Waals surface area contributed by atoms with Crippen molar-refractivity contribution >= 4 is 39.5 Å². The lowest BCUT2D eigenvalue weighted by Gasteiger charge is -2.21. The van der Waals surface area contributed by atoms with Crippen molar-refractivity contribution in [1.29, 1.82) is 0 Å². The van der Waals surface area contributed by atoms with Crippen molar-refractivity contribution in [1.82, 2.24) is 0 Å². The Kier molecular flexibility index (Phi) is 69.9. The second-order valence-electron chi connectivity index (χ2n) is 30.4. The van der Waals surface area contributed by atoms with Gasteiger partial charge in [-0.25, -0.2) is 9.13 Å². The van der Waals surface area contributed by atoms with E-state index >= 15 is 0 Å². The van der Waals surface area contributed by atoms with E-state index in [0.29, 0.717) is 25.7 Å². The molecule has 0 amide bonds. The lowest BCUT2D eigenvalue weighted by Crippen LogP contribution is -2.30. The van der Waals surface area contributed by atoms with Gasteiger partial charge in [0.05, 0.1) is 26.4 Å². The van der Waals surface area contributed by atoms with Crippen molar-refractivity contribution in [3.05, 3.63) is 0 Å². The molecule has 0 aliphatic rings. The Labute approximate surface area is 613 Å². The van der Waals surface area contributed by atoms with Crippen LogP contribution in [0.3, 0.4) is 0 Å². The number of aliphatic hydroxyl groups is 1. The summed E-state index contributed by atoms with van der Waals surface area (Å²) in [6.45, 7) is 12.0. The van der Waals surface area contributed by atoms with Gasteiger partial charge in [0.2, 0.25) is 0 Å². The summed E-state index contributed by atoms with van der Waals surface area (Å²) in [6, 6.07) is 0. The van der Waals surface area contributed by atoms with Gasteiger partial charge in [0.25, 0.3) is 0 Å². The molecule has 0 aromatic heterocycles. The van der Waals surface area contributed by atoms with Crippen molar-refractivity contribution in [2.24, 2.45) is 17.8 Å². The van der Waals surface area contributed by atoms with E-state index in [0.717, 1.165) is 108 Å². The number of phosphoric ester groups is 2. The van der Waals surface area contributed by atoms with E-state index in [4.69, 9.17) is 37.0 Å². The first-order valence-electron chi connectivity index (χ1n) is 41.9. The van der Waals surface area contributed by atoms with Crippen LogP contribution in [0.2, 0.25) is 0 Å². The normalized spacial score (nSPS) is 14.2. The molecule has 0 heterocycles. The zero-order valence-corrected chi connectivity index (χ0v) is 67.5. The maximum atomic E-state index is 13.1. The van der Waals surface area contributed by atoms with E-state index in [9.17, 15) is 43.2 Å². The molecule has 0 aromatic carbocycles. The van der Waals surface area contributed by atoms with Crippen LogP contribution in [-0.2, 0) is 65.4 Å². The maximum absolute atomic E-state index is 13.1.